The van der Waals surface area contributed by atoms with Crippen molar-refractivity contribution in [2.45, 2.75) is 13.8 Å². The van der Waals surface area contributed by atoms with Crippen LogP contribution in [0.5, 0.6) is 17.2 Å². The van der Waals surface area contributed by atoms with E-state index >= 15 is 0 Å². The Hall–Kier alpha value is -3.81. The molecule has 2 rings (SSSR count). The molecule has 2 aromatic rings. The zero-order valence-corrected chi connectivity index (χ0v) is 15.6. The number of amides is 2. The van der Waals surface area contributed by atoms with Gasteiger partial charge in [-0.1, -0.05) is 12.1 Å². The predicted octanol–water partition coefficient (Wildman–Crippen LogP) is 2.44. The quantitative estimate of drug-likeness (QED) is 0.400. The molecule has 0 heterocycles. The Balaban J connectivity index is 2.33. The highest BCUT2D eigenvalue weighted by atomic mass is 16.6. The van der Waals surface area contributed by atoms with Gasteiger partial charge in [-0.25, -0.2) is 0 Å². The van der Waals surface area contributed by atoms with Crippen molar-refractivity contribution in [3.63, 3.8) is 0 Å². The van der Waals surface area contributed by atoms with Crippen LogP contribution >= 0.6 is 0 Å². The van der Waals surface area contributed by atoms with Crippen molar-refractivity contribution < 1.29 is 29.0 Å². The van der Waals surface area contributed by atoms with E-state index in [9.17, 15) is 19.5 Å². The molecule has 3 N–H and O–H groups in total. The van der Waals surface area contributed by atoms with Crippen molar-refractivity contribution in [3.05, 3.63) is 53.7 Å². The lowest BCUT2D eigenvalue weighted by Gasteiger charge is -2.11. The summed E-state index contributed by atoms with van der Waals surface area (Å²) in [5.41, 5.74) is 0.879. The molecular weight excluding hydrogens is 364 g/mol. The number of phenolic OH excluding ortho intramolecular Hbond substituents is 1. The molecule has 8 nitrogen and oxygen atoms in total. The third-order valence-electron chi connectivity index (χ3n) is 3.41. The lowest BCUT2D eigenvalue weighted by atomic mass is 10.1. The number of methoxy groups -OCH3 is 1. The molecule has 146 valence electrons. The van der Waals surface area contributed by atoms with E-state index in [0.717, 1.165) is 0 Å². The van der Waals surface area contributed by atoms with Gasteiger partial charge in [0.1, 0.15) is 11.4 Å². The molecule has 28 heavy (non-hydrogen) atoms. The number of hydrogen-bond acceptors (Lipinski definition) is 6. The molecule has 0 aliphatic carbocycles. The number of rotatable bonds is 6. The third-order valence-corrected chi connectivity index (χ3v) is 3.41. The predicted molar refractivity (Wildman–Crippen MR) is 103 cm³/mol. The Morgan fingerprint density at radius 3 is 2.39 bits per heavy atom. The van der Waals surface area contributed by atoms with Crippen LogP contribution < -0.4 is 20.1 Å². The maximum Gasteiger partial charge on any atom is 0.308 e. The van der Waals surface area contributed by atoms with Crippen molar-refractivity contribution in [1.29, 1.82) is 0 Å². The minimum absolute atomic E-state index is 0.00588. The largest absolute Gasteiger partial charge is 0.508 e. The van der Waals surface area contributed by atoms with Crippen LogP contribution in [0.25, 0.3) is 6.08 Å². The van der Waals surface area contributed by atoms with E-state index in [-0.39, 0.29) is 17.2 Å². The van der Waals surface area contributed by atoms with Gasteiger partial charge in [0.25, 0.3) is 5.91 Å². The van der Waals surface area contributed by atoms with Gasteiger partial charge < -0.3 is 25.2 Å². The fraction of sp³-hybridized carbons (Fsp3) is 0.150. The van der Waals surface area contributed by atoms with Crippen LogP contribution in [0.3, 0.4) is 0 Å². The SMILES string of the molecule is COc1cc(/C=C(\NC(C)=O)C(=O)Nc2cccc(O)c2)ccc1OC(C)=O. The first-order valence-corrected chi connectivity index (χ1v) is 8.24. The van der Waals surface area contributed by atoms with Crippen molar-refractivity contribution in [2.24, 2.45) is 0 Å². The molecule has 0 saturated carbocycles. The van der Waals surface area contributed by atoms with Crippen LogP contribution in [0.15, 0.2) is 48.2 Å². The molecule has 0 fully saturated rings. The van der Waals surface area contributed by atoms with Crippen LogP contribution in [0.1, 0.15) is 19.4 Å². The van der Waals surface area contributed by atoms with Crippen molar-refractivity contribution in [3.8, 4) is 17.2 Å². The van der Waals surface area contributed by atoms with Gasteiger partial charge in [-0.2, -0.15) is 0 Å². The first-order valence-electron chi connectivity index (χ1n) is 8.24. The second-order valence-electron chi connectivity index (χ2n) is 5.75. The van der Waals surface area contributed by atoms with Crippen LogP contribution in [0, 0.1) is 0 Å². The molecule has 2 aromatic carbocycles. The van der Waals surface area contributed by atoms with Crippen LogP contribution in [0.2, 0.25) is 0 Å². The summed E-state index contributed by atoms with van der Waals surface area (Å²) in [4.78, 5) is 35.2. The number of ether oxygens (including phenoxy) is 2. The topological polar surface area (TPSA) is 114 Å². The number of carbonyl (C=O) groups is 3. The van der Waals surface area contributed by atoms with Crippen LogP contribution in [-0.2, 0) is 14.4 Å². The highest BCUT2D eigenvalue weighted by molar-refractivity contribution is 6.08. The number of aromatic hydroxyl groups is 1. The molecule has 0 unspecified atom stereocenters. The van der Waals surface area contributed by atoms with E-state index in [1.807, 2.05) is 0 Å². The molecule has 0 saturated heterocycles. The van der Waals surface area contributed by atoms with E-state index in [1.54, 1.807) is 24.3 Å². The van der Waals surface area contributed by atoms with Crippen molar-refractivity contribution >= 4 is 29.5 Å². The number of esters is 1. The van der Waals surface area contributed by atoms with Gasteiger partial charge in [0.2, 0.25) is 5.91 Å². The Morgan fingerprint density at radius 2 is 1.79 bits per heavy atom. The Morgan fingerprint density at radius 1 is 1.04 bits per heavy atom. The standard InChI is InChI=1S/C20H20N2O6/c1-12(23)21-17(20(26)22-15-5-4-6-16(25)11-15)9-14-7-8-18(28-13(2)24)19(10-14)27-3/h4-11,25H,1-3H3,(H,21,23)(H,22,26)/b17-9-. The number of nitrogens with one attached hydrogen (secondary N) is 2. The number of benzene rings is 2. The summed E-state index contributed by atoms with van der Waals surface area (Å²) in [5.74, 6) is -0.985. The lowest BCUT2D eigenvalue weighted by Crippen LogP contribution is -2.28. The van der Waals surface area contributed by atoms with Gasteiger partial charge in [0, 0.05) is 25.6 Å². The summed E-state index contributed by atoms with van der Waals surface area (Å²) in [6.07, 6.45) is 1.44. The molecular formula is C20H20N2O6. The first kappa shape index (κ1) is 20.5. The molecule has 0 radical (unpaired) electrons. The van der Waals surface area contributed by atoms with E-state index in [4.69, 9.17) is 9.47 Å². The number of anilines is 1. The van der Waals surface area contributed by atoms with E-state index < -0.39 is 17.8 Å². The van der Waals surface area contributed by atoms with Gasteiger partial charge in [-0.3, -0.25) is 14.4 Å². The van der Waals surface area contributed by atoms with E-state index in [1.165, 1.54) is 45.2 Å². The molecule has 0 bridgehead atoms. The Bertz CT molecular complexity index is 936. The number of phenols is 1. The summed E-state index contributed by atoms with van der Waals surface area (Å²) >= 11 is 0. The van der Waals surface area contributed by atoms with Crippen molar-refractivity contribution in [2.75, 3.05) is 12.4 Å². The summed E-state index contributed by atoms with van der Waals surface area (Å²) in [6, 6.07) is 10.7. The van der Waals surface area contributed by atoms with Crippen LogP contribution in [-0.4, -0.2) is 30.0 Å². The minimum atomic E-state index is -0.580. The third kappa shape index (κ3) is 5.87. The number of hydrogen-bond donors (Lipinski definition) is 3. The normalized spacial score (nSPS) is 10.8. The minimum Gasteiger partial charge on any atom is -0.508 e. The van der Waals surface area contributed by atoms with Gasteiger partial charge in [0.05, 0.1) is 7.11 Å². The molecule has 0 aliphatic rings. The second-order valence-corrected chi connectivity index (χ2v) is 5.75. The van der Waals surface area contributed by atoms with Crippen molar-refractivity contribution in [1.82, 2.24) is 5.32 Å². The molecule has 8 heteroatoms. The first-order chi connectivity index (χ1) is 13.3. The van der Waals surface area contributed by atoms with Gasteiger partial charge in [-0.05, 0) is 35.9 Å². The maximum absolute atomic E-state index is 12.6. The second kappa shape index (κ2) is 9.22. The molecule has 0 spiro atoms. The van der Waals surface area contributed by atoms with E-state index in [0.29, 0.717) is 17.0 Å². The highest BCUT2D eigenvalue weighted by Crippen LogP contribution is 2.29. The fourth-order valence-electron chi connectivity index (χ4n) is 2.31. The average Bonchev–Trinajstić information content (AvgIpc) is 2.61. The molecule has 0 atom stereocenters. The average molecular weight is 384 g/mol. The van der Waals surface area contributed by atoms with E-state index in [2.05, 4.69) is 10.6 Å². The monoisotopic (exact) mass is 384 g/mol. The summed E-state index contributed by atoms with van der Waals surface area (Å²) in [7, 11) is 1.42. The number of carbonyl (C=O) groups excluding carboxylic acids is 3. The Kier molecular flexibility index (Phi) is 6.75. The fourth-order valence-corrected chi connectivity index (χ4v) is 2.31. The van der Waals surface area contributed by atoms with Crippen LogP contribution in [0.4, 0.5) is 5.69 Å². The highest BCUT2D eigenvalue weighted by Gasteiger charge is 2.13. The molecule has 0 aliphatic heterocycles. The maximum atomic E-state index is 12.6. The smallest absolute Gasteiger partial charge is 0.308 e. The summed E-state index contributed by atoms with van der Waals surface area (Å²) in [5, 5.41) is 14.6. The van der Waals surface area contributed by atoms with Gasteiger partial charge in [0.15, 0.2) is 11.5 Å². The summed E-state index contributed by atoms with van der Waals surface area (Å²) in [6.45, 7) is 2.55. The molecule has 0 aromatic heterocycles. The van der Waals surface area contributed by atoms with Gasteiger partial charge >= 0.3 is 5.97 Å². The molecule has 2 amide bonds. The Labute approximate surface area is 161 Å². The zero-order chi connectivity index (χ0) is 20.7. The lowest BCUT2D eigenvalue weighted by molar-refractivity contribution is -0.132. The summed E-state index contributed by atoms with van der Waals surface area (Å²) < 4.78 is 10.2. The zero-order valence-electron chi connectivity index (χ0n) is 15.6. The van der Waals surface area contributed by atoms with Gasteiger partial charge in [-0.15, -0.1) is 0 Å².